The smallest absolute Gasteiger partial charge is 0.241 e. The second kappa shape index (κ2) is 5.80. The molecule has 4 rings (SSSR count). The van der Waals surface area contributed by atoms with E-state index in [1.54, 1.807) is 17.2 Å². The molecule has 23 heavy (non-hydrogen) atoms. The van der Waals surface area contributed by atoms with E-state index < -0.39 is 0 Å². The van der Waals surface area contributed by atoms with Crippen LogP contribution in [0.1, 0.15) is 5.69 Å². The molecule has 1 aromatic carbocycles. The summed E-state index contributed by atoms with van der Waals surface area (Å²) in [7, 11) is 0. The molecule has 0 amide bonds. The van der Waals surface area contributed by atoms with E-state index >= 15 is 0 Å². The van der Waals surface area contributed by atoms with Crippen molar-refractivity contribution in [2.75, 3.05) is 0 Å². The van der Waals surface area contributed by atoms with E-state index in [9.17, 15) is 0 Å². The molecule has 0 bridgehead atoms. The molecule has 0 aliphatic rings. The standard InChI is InChI=1S/C16H12N6O/c1-2-7-14-13(6-1)15(22-11-17-10-19-22)20-21-16(14)23-9-12-5-3-4-8-18-12/h1-8,10-11H,9H2. The molecule has 7 nitrogen and oxygen atoms in total. The van der Waals surface area contributed by atoms with Crippen molar-refractivity contribution in [3.8, 4) is 11.7 Å². The van der Waals surface area contributed by atoms with Crippen LogP contribution >= 0.6 is 0 Å². The molecule has 112 valence electrons. The highest BCUT2D eigenvalue weighted by molar-refractivity contribution is 5.91. The highest BCUT2D eigenvalue weighted by Crippen LogP contribution is 2.26. The molecule has 4 aromatic rings. The maximum Gasteiger partial charge on any atom is 0.241 e. The lowest BCUT2D eigenvalue weighted by Gasteiger charge is -2.09. The Hall–Kier alpha value is -3.35. The van der Waals surface area contributed by atoms with E-state index in [1.807, 2.05) is 42.5 Å². The minimum absolute atomic E-state index is 0.336. The minimum atomic E-state index is 0.336. The molecule has 7 heteroatoms. The first kappa shape index (κ1) is 13.3. The van der Waals surface area contributed by atoms with Gasteiger partial charge in [0, 0.05) is 17.0 Å². The highest BCUT2D eigenvalue weighted by atomic mass is 16.5. The van der Waals surface area contributed by atoms with Crippen molar-refractivity contribution in [1.29, 1.82) is 0 Å². The second-order valence-corrected chi connectivity index (χ2v) is 4.82. The van der Waals surface area contributed by atoms with E-state index in [0.29, 0.717) is 18.3 Å². The Morgan fingerprint density at radius 1 is 0.957 bits per heavy atom. The third-order valence-corrected chi connectivity index (χ3v) is 3.35. The summed E-state index contributed by atoms with van der Waals surface area (Å²) in [5, 5.41) is 14.3. The van der Waals surface area contributed by atoms with Crippen molar-refractivity contribution in [2.45, 2.75) is 6.61 Å². The van der Waals surface area contributed by atoms with Gasteiger partial charge in [0.25, 0.3) is 0 Å². The van der Waals surface area contributed by atoms with Crippen LogP contribution in [0.4, 0.5) is 0 Å². The van der Waals surface area contributed by atoms with Gasteiger partial charge in [0.15, 0.2) is 5.82 Å². The van der Waals surface area contributed by atoms with Gasteiger partial charge in [-0.1, -0.05) is 24.3 Å². The molecule has 0 aliphatic carbocycles. The van der Waals surface area contributed by atoms with Crippen LogP contribution in [-0.2, 0) is 6.61 Å². The van der Waals surface area contributed by atoms with Gasteiger partial charge in [-0.05, 0) is 18.2 Å². The summed E-state index contributed by atoms with van der Waals surface area (Å²) in [5.74, 6) is 1.08. The van der Waals surface area contributed by atoms with Gasteiger partial charge in [0.2, 0.25) is 5.88 Å². The maximum atomic E-state index is 5.80. The average molecular weight is 304 g/mol. The molecule has 0 aliphatic heterocycles. The monoisotopic (exact) mass is 304 g/mol. The van der Waals surface area contributed by atoms with Gasteiger partial charge >= 0.3 is 0 Å². The fraction of sp³-hybridized carbons (Fsp3) is 0.0625. The van der Waals surface area contributed by atoms with Gasteiger partial charge < -0.3 is 4.74 Å². The molecular weight excluding hydrogens is 292 g/mol. The quantitative estimate of drug-likeness (QED) is 0.575. The summed E-state index contributed by atoms with van der Waals surface area (Å²) >= 11 is 0. The summed E-state index contributed by atoms with van der Waals surface area (Å²) in [6, 6.07) is 13.5. The van der Waals surface area contributed by atoms with Crippen molar-refractivity contribution >= 4 is 10.8 Å². The number of aromatic nitrogens is 6. The Morgan fingerprint density at radius 2 is 1.83 bits per heavy atom. The summed E-state index contributed by atoms with van der Waals surface area (Å²) in [4.78, 5) is 8.18. The molecule has 0 saturated heterocycles. The summed E-state index contributed by atoms with van der Waals surface area (Å²) in [5.41, 5.74) is 0.832. The van der Waals surface area contributed by atoms with E-state index in [0.717, 1.165) is 16.5 Å². The molecule has 0 atom stereocenters. The van der Waals surface area contributed by atoms with E-state index in [2.05, 4.69) is 25.3 Å². The predicted octanol–water partition coefficient (Wildman–Crippen LogP) is 2.18. The molecule has 3 aromatic heterocycles. The number of pyridine rings is 1. The Labute approximate surface area is 131 Å². The van der Waals surface area contributed by atoms with Crippen molar-refractivity contribution in [2.24, 2.45) is 0 Å². The lowest BCUT2D eigenvalue weighted by molar-refractivity contribution is 0.290. The Bertz CT molecular complexity index is 924. The van der Waals surface area contributed by atoms with Crippen LogP contribution in [0, 0.1) is 0 Å². The Morgan fingerprint density at radius 3 is 2.61 bits per heavy atom. The van der Waals surface area contributed by atoms with Crippen molar-refractivity contribution in [1.82, 2.24) is 29.9 Å². The zero-order chi connectivity index (χ0) is 15.5. The van der Waals surface area contributed by atoms with Gasteiger partial charge in [-0.25, -0.2) is 9.67 Å². The lowest BCUT2D eigenvalue weighted by atomic mass is 10.2. The molecule has 0 spiro atoms. The maximum absolute atomic E-state index is 5.80. The lowest BCUT2D eigenvalue weighted by Crippen LogP contribution is -2.05. The Kier molecular flexibility index (Phi) is 3.36. The fourth-order valence-corrected chi connectivity index (χ4v) is 2.28. The molecule has 0 saturated carbocycles. The summed E-state index contributed by atoms with van der Waals surface area (Å²) in [6.07, 6.45) is 4.78. The number of fused-ring (bicyclic) bond motifs is 1. The Balaban J connectivity index is 1.73. The van der Waals surface area contributed by atoms with Crippen molar-refractivity contribution in [3.05, 3.63) is 67.0 Å². The SMILES string of the molecule is c1ccc(COc2nnc(-n3cncn3)c3ccccc23)nc1. The average Bonchev–Trinajstić information content (AvgIpc) is 3.15. The fourth-order valence-electron chi connectivity index (χ4n) is 2.28. The highest BCUT2D eigenvalue weighted by Gasteiger charge is 2.12. The van der Waals surface area contributed by atoms with Crippen LogP contribution in [0.5, 0.6) is 5.88 Å². The van der Waals surface area contributed by atoms with E-state index in [-0.39, 0.29) is 0 Å². The van der Waals surface area contributed by atoms with Gasteiger partial charge in [0.1, 0.15) is 19.3 Å². The van der Waals surface area contributed by atoms with Crippen LogP contribution in [0.3, 0.4) is 0 Å². The topological polar surface area (TPSA) is 78.6 Å². The van der Waals surface area contributed by atoms with Gasteiger partial charge in [-0.2, -0.15) is 5.10 Å². The minimum Gasteiger partial charge on any atom is -0.470 e. The molecular formula is C16H12N6O. The zero-order valence-corrected chi connectivity index (χ0v) is 12.1. The first-order chi connectivity index (χ1) is 11.4. The van der Waals surface area contributed by atoms with E-state index in [4.69, 9.17) is 4.74 Å². The van der Waals surface area contributed by atoms with Crippen molar-refractivity contribution in [3.63, 3.8) is 0 Å². The van der Waals surface area contributed by atoms with Crippen LogP contribution < -0.4 is 4.74 Å². The largest absolute Gasteiger partial charge is 0.470 e. The molecule has 0 N–H and O–H groups in total. The number of nitrogens with zero attached hydrogens (tertiary/aromatic N) is 6. The third-order valence-electron chi connectivity index (χ3n) is 3.35. The van der Waals surface area contributed by atoms with Crippen LogP contribution in [-0.4, -0.2) is 29.9 Å². The van der Waals surface area contributed by atoms with Crippen LogP contribution in [0.25, 0.3) is 16.6 Å². The summed E-state index contributed by atoms with van der Waals surface area (Å²) < 4.78 is 7.38. The first-order valence-corrected chi connectivity index (χ1v) is 7.05. The van der Waals surface area contributed by atoms with Gasteiger partial charge in [0.05, 0.1) is 5.69 Å². The molecule has 0 fully saturated rings. The number of rotatable bonds is 4. The summed E-state index contributed by atoms with van der Waals surface area (Å²) in [6.45, 7) is 0.336. The zero-order valence-electron chi connectivity index (χ0n) is 12.1. The normalized spacial score (nSPS) is 10.8. The van der Waals surface area contributed by atoms with Crippen molar-refractivity contribution < 1.29 is 4.74 Å². The van der Waals surface area contributed by atoms with Crippen LogP contribution in [0.2, 0.25) is 0 Å². The molecule has 0 unspecified atom stereocenters. The van der Waals surface area contributed by atoms with Gasteiger partial charge in [-0.15, -0.1) is 10.2 Å². The van der Waals surface area contributed by atoms with Crippen LogP contribution in [0.15, 0.2) is 61.3 Å². The van der Waals surface area contributed by atoms with E-state index in [1.165, 1.54) is 6.33 Å². The first-order valence-electron chi connectivity index (χ1n) is 7.05. The van der Waals surface area contributed by atoms with Gasteiger partial charge in [-0.3, -0.25) is 4.98 Å². The number of hydrogen-bond acceptors (Lipinski definition) is 6. The number of ether oxygens (including phenoxy) is 1. The third kappa shape index (κ3) is 2.59. The molecule has 3 heterocycles. The number of benzene rings is 1. The molecule has 0 radical (unpaired) electrons. The number of hydrogen-bond donors (Lipinski definition) is 0. The predicted molar refractivity (Wildman–Crippen MR) is 83.0 cm³/mol. The second-order valence-electron chi connectivity index (χ2n) is 4.82.